The second kappa shape index (κ2) is 5.45. The van der Waals surface area contributed by atoms with Crippen LogP contribution in [0.5, 0.6) is 0 Å². The molecular weight excluding hydrogens is 312 g/mol. The van der Waals surface area contributed by atoms with Crippen molar-refractivity contribution in [3.05, 3.63) is 70.4 Å². The lowest BCUT2D eigenvalue weighted by molar-refractivity contribution is -0.122. The smallest absolute Gasteiger partial charge is 0.259 e. The number of amides is 2. The van der Waals surface area contributed by atoms with Gasteiger partial charge in [-0.05, 0) is 43.5 Å². The standard InChI is InChI=1S/C21H18N2O2/c1-11-7-6-8-12(2)16(11)18-19(21(25)23-20(18)24)17-13(3)22-15-10-5-4-9-14(15)17/h4-10,22H,1-3H3,(H,23,24,25). The van der Waals surface area contributed by atoms with E-state index >= 15 is 0 Å². The van der Waals surface area contributed by atoms with Crippen LogP contribution in [0.2, 0.25) is 0 Å². The van der Waals surface area contributed by atoms with E-state index in [1.807, 2.05) is 63.2 Å². The molecule has 2 heterocycles. The fourth-order valence-electron chi connectivity index (χ4n) is 3.74. The van der Waals surface area contributed by atoms with Gasteiger partial charge in [0.1, 0.15) is 0 Å². The molecule has 0 saturated heterocycles. The number of aryl methyl sites for hydroxylation is 3. The van der Waals surface area contributed by atoms with Gasteiger partial charge in [-0.3, -0.25) is 14.9 Å². The van der Waals surface area contributed by atoms with Gasteiger partial charge in [0.25, 0.3) is 11.8 Å². The highest BCUT2D eigenvalue weighted by Gasteiger charge is 2.35. The van der Waals surface area contributed by atoms with Gasteiger partial charge in [0.15, 0.2) is 0 Å². The number of nitrogens with one attached hydrogen (secondary N) is 2. The minimum Gasteiger partial charge on any atom is -0.358 e. The average molecular weight is 330 g/mol. The van der Waals surface area contributed by atoms with Gasteiger partial charge >= 0.3 is 0 Å². The normalized spacial score (nSPS) is 14.5. The Morgan fingerprint density at radius 1 is 0.720 bits per heavy atom. The Labute approximate surface area is 145 Å². The van der Waals surface area contributed by atoms with E-state index in [-0.39, 0.29) is 11.8 Å². The highest BCUT2D eigenvalue weighted by Crippen LogP contribution is 2.38. The highest BCUT2D eigenvalue weighted by molar-refractivity contribution is 6.50. The Balaban J connectivity index is 2.12. The van der Waals surface area contributed by atoms with E-state index in [0.717, 1.165) is 38.9 Å². The summed E-state index contributed by atoms with van der Waals surface area (Å²) >= 11 is 0. The van der Waals surface area contributed by atoms with Crippen molar-refractivity contribution in [2.45, 2.75) is 20.8 Å². The molecule has 1 aliphatic rings. The topological polar surface area (TPSA) is 62.0 Å². The number of carbonyl (C=O) groups excluding carboxylic acids is 2. The molecule has 1 aromatic heterocycles. The molecule has 2 N–H and O–H groups in total. The molecule has 0 unspecified atom stereocenters. The Morgan fingerprint density at radius 2 is 1.32 bits per heavy atom. The van der Waals surface area contributed by atoms with Crippen molar-refractivity contribution >= 4 is 33.9 Å². The molecule has 1 aliphatic heterocycles. The van der Waals surface area contributed by atoms with Gasteiger partial charge in [0.2, 0.25) is 0 Å². The molecule has 0 spiro atoms. The summed E-state index contributed by atoms with van der Waals surface area (Å²) in [4.78, 5) is 28.6. The molecule has 0 fully saturated rings. The van der Waals surface area contributed by atoms with Crippen LogP contribution in [0.15, 0.2) is 42.5 Å². The summed E-state index contributed by atoms with van der Waals surface area (Å²) in [6.45, 7) is 5.86. The maximum atomic E-state index is 12.7. The van der Waals surface area contributed by atoms with Crippen molar-refractivity contribution in [3.8, 4) is 0 Å². The van der Waals surface area contributed by atoms with Crippen LogP contribution in [0.3, 0.4) is 0 Å². The number of hydrogen-bond donors (Lipinski definition) is 2. The van der Waals surface area contributed by atoms with E-state index in [0.29, 0.717) is 11.1 Å². The molecule has 3 aromatic rings. The van der Waals surface area contributed by atoms with Gasteiger partial charge in [0, 0.05) is 22.2 Å². The number of aromatic nitrogens is 1. The molecule has 124 valence electrons. The van der Waals surface area contributed by atoms with Crippen LogP contribution in [0.1, 0.15) is 27.9 Å². The van der Waals surface area contributed by atoms with Crippen LogP contribution in [-0.4, -0.2) is 16.8 Å². The molecule has 0 aliphatic carbocycles. The van der Waals surface area contributed by atoms with Crippen molar-refractivity contribution in [3.63, 3.8) is 0 Å². The Morgan fingerprint density at radius 3 is 2.00 bits per heavy atom. The monoisotopic (exact) mass is 330 g/mol. The fraction of sp³-hybridized carbons (Fsp3) is 0.143. The molecule has 0 saturated carbocycles. The second-order valence-electron chi connectivity index (χ2n) is 6.47. The lowest BCUT2D eigenvalue weighted by Crippen LogP contribution is -2.23. The minimum absolute atomic E-state index is 0.331. The summed E-state index contributed by atoms with van der Waals surface area (Å²) in [5.74, 6) is -0.669. The van der Waals surface area contributed by atoms with Gasteiger partial charge in [0.05, 0.1) is 11.1 Å². The zero-order valence-electron chi connectivity index (χ0n) is 14.4. The van der Waals surface area contributed by atoms with E-state index < -0.39 is 0 Å². The van der Waals surface area contributed by atoms with Crippen LogP contribution in [0, 0.1) is 20.8 Å². The first kappa shape index (κ1) is 15.4. The Kier molecular flexibility index (Phi) is 3.35. The fourth-order valence-corrected chi connectivity index (χ4v) is 3.74. The first-order valence-corrected chi connectivity index (χ1v) is 8.23. The zero-order chi connectivity index (χ0) is 17.7. The third-order valence-corrected chi connectivity index (χ3v) is 4.81. The lowest BCUT2D eigenvalue weighted by atomic mass is 9.89. The first-order valence-electron chi connectivity index (χ1n) is 8.23. The van der Waals surface area contributed by atoms with Crippen molar-refractivity contribution in [2.75, 3.05) is 0 Å². The van der Waals surface area contributed by atoms with Crippen LogP contribution in [-0.2, 0) is 9.59 Å². The molecule has 0 bridgehead atoms. The molecular formula is C21H18N2O2. The maximum Gasteiger partial charge on any atom is 0.259 e. The number of fused-ring (bicyclic) bond motifs is 1. The first-order chi connectivity index (χ1) is 12.0. The SMILES string of the molecule is Cc1cccc(C)c1C1=C(c2c(C)[nH]c3ccccc23)C(=O)NC1=O. The molecule has 25 heavy (non-hydrogen) atoms. The summed E-state index contributed by atoms with van der Waals surface area (Å²) in [6, 6.07) is 13.7. The molecule has 2 amide bonds. The number of para-hydroxylation sites is 1. The van der Waals surface area contributed by atoms with E-state index in [2.05, 4.69) is 10.3 Å². The predicted octanol–water partition coefficient (Wildman–Crippen LogP) is 3.66. The van der Waals surface area contributed by atoms with Crippen molar-refractivity contribution < 1.29 is 9.59 Å². The summed E-state index contributed by atoms with van der Waals surface area (Å²) < 4.78 is 0. The van der Waals surface area contributed by atoms with Crippen LogP contribution < -0.4 is 5.32 Å². The summed E-state index contributed by atoms with van der Waals surface area (Å²) in [5.41, 5.74) is 6.36. The number of H-pyrrole nitrogens is 1. The van der Waals surface area contributed by atoms with Gasteiger partial charge in [-0.2, -0.15) is 0 Å². The van der Waals surface area contributed by atoms with Crippen LogP contribution in [0.25, 0.3) is 22.0 Å². The predicted molar refractivity (Wildman–Crippen MR) is 98.9 cm³/mol. The van der Waals surface area contributed by atoms with Crippen LogP contribution in [0.4, 0.5) is 0 Å². The lowest BCUT2D eigenvalue weighted by Gasteiger charge is -2.11. The zero-order valence-corrected chi connectivity index (χ0v) is 14.4. The third kappa shape index (κ3) is 2.22. The molecule has 4 heteroatoms. The number of benzene rings is 2. The minimum atomic E-state index is -0.337. The van der Waals surface area contributed by atoms with E-state index in [1.54, 1.807) is 0 Å². The largest absolute Gasteiger partial charge is 0.358 e. The number of rotatable bonds is 2. The Hall–Kier alpha value is -3.14. The number of aromatic amines is 1. The number of carbonyl (C=O) groups is 2. The van der Waals surface area contributed by atoms with Gasteiger partial charge in [-0.15, -0.1) is 0 Å². The quantitative estimate of drug-likeness (QED) is 0.704. The third-order valence-electron chi connectivity index (χ3n) is 4.81. The van der Waals surface area contributed by atoms with Crippen LogP contribution >= 0.6 is 0 Å². The van der Waals surface area contributed by atoms with Crippen molar-refractivity contribution in [2.24, 2.45) is 0 Å². The molecule has 4 nitrogen and oxygen atoms in total. The van der Waals surface area contributed by atoms with Crippen molar-refractivity contribution in [1.82, 2.24) is 10.3 Å². The molecule has 2 aromatic carbocycles. The number of imide groups is 1. The maximum absolute atomic E-state index is 12.7. The second-order valence-corrected chi connectivity index (χ2v) is 6.47. The van der Waals surface area contributed by atoms with E-state index in [4.69, 9.17) is 0 Å². The molecule has 4 rings (SSSR count). The summed E-state index contributed by atoms with van der Waals surface area (Å²) in [6.07, 6.45) is 0. The Bertz CT molecular complexity index is 1070. The van der Waals surface area contributed by atoms with E-state index in [1.165, 1.54) is 0 Å². The van der Waals surface area contributed by atoms with Gasteiger partial charge in [-0.25, -0.2) is 0 Å². The van der Waals surface area contributed by atoms with Gasteiger partial charge in [-0.1, -0.05) is 36.4 Å². The van der Waals surface area contributed by atoms with Gasteiger partial charge < -0.3 is 4.98 Å². The molecule has 0 radical (unpaired) electrons. The average Bonchev–Trinajstić information content (AvgIpc) is 3.03. The number of hydrogen-bond acceptors (Lipinski definition) is 2. The molecule has 0 atom stereocenters. The van der Waals surface area contributed by atoms with Crippen molar-refractivity contribution in [1.29, 1.82) is 0 Å². The summed E-state index contributed by atoms with van der Waals surface area (Å²) in [7, 11) is 0. The summed E-state index contributed by atoms with van der Waals surface area (Å²) in [5, 5.41) is 3.43. The van der Waals surface area contributed by atoms with E-state index in [9.17, 15) is 9.59 Å². The highest BCUT2D eigenvalue weighted by atomic mass is 16.2.